The minimum Gasteiger partial charge on any atom is -0.507 e. The number of Topliss-reactive ketones (excluding diaryl/α,β-unsaturated/α-hetero) is 1. The number of likely N-dealkylation sites (tertiary alicyclic amines) is 1. The number of hydrogen-bond acceptors (Lipinski definition) is 7. The van der Waals surface area contributed by atoms with Gasteiger partial charge in [-0.3, -0.25) is 9.59 Å². The Bertz CT molecular complexity index is 1400. The van der Waals surface area contributed by atoms with Crippen molar-refractivity contribution in [2.45, 2.75) is 26.5 Å². The van der Waals surface area contributed by atoms with Gasteiger partial charge in [-0.2, -0.15) is 0 Å². The molecule has 40 heavy (non-hydrogen) atoms. The van der Waals surface area contributed by atoms with Crippen molar-refractivity contribution in [3.05, 3.63) is 94.6 Å². The number of likely N-dealkylation sites (N-methyl/N-ethyl adjacent to an activating group) is 1. The lowest BCUT2D eigenvalue weighted by atomic mass is 9.95. The van der Waals surface area contributed by atoms with Crippen molar-refractivity contribution in [1.82, 2.24) is 9.80 Å². The van der Waals surface area contributed by atoms with Crippen molar-refractivity contribution in [2.24, 2.45) is 0 Å². The Kier molecular flexibility index (Phi) is 9.11. The van der Waals surface area contributed by atoms with Crippen LogP contribution < -0.4 is 14.2 Å². The van der Waals surface area contributed by atoms with Crippen LogP contribution in [-0.4, -0.2) is 67.5 Å². The summed E-state index contributed by atoms with van der Waals surface area (Å²) in [6, 6.07) is 19.4. The molecule has 1 aliphatic heterocycles. The van der Waals surface area contributed by atoms with Gasteiger partial charge in [0.1, 0.15) is 18.1 Å². The van der Waals surface area contributed by atoms with Crippen molar-refractivity contribution in [3.8, 4) is 17.2 Å². The highest BCUT2D eigenvalue weighted by molar-refractivity contribution is 6.46. The van der Waals surface area contributed by atoms with Gasteiger partial charge in [-0.25, -0.2) is 0 Å². The maximum Gasteiger partial charge on any atom is 0.295 e. The zero-order chi connectivity index (χ0) is 28.8. The second kappa shape index (κ2) is 12.7. The third-order valence-electron chi connectivity index (χ3n) is 6.91. The first-order chi connectivity index (χ1) is 19.2. The molecule has 1 saturated heterocycles. The molecule has 4 rings (SSSR count). The molecule has 210 valence electrons. The molecule has 1 aliphatic rings. The molecule has 1 unspecified atom stereocenters. The Hall–Kier alpha value is -4.30. The highest BCUT2D eigenvalue weighted by Crippen LogP contribution is 2.42. The lowest BCUT2D eigenvalue weighted by Gasteiger charge is -2.27. The Labute approximate surface area is 235 Å². The van der Waals surface area contributed by atoms with E-state index < -0.39 is 17.7 Å². The number of amides is 1. The van der Waals surface area contributed by atoms with Crippen LogP contribution in [0.4, 0.5) is 0 Å². The van der Waals surface area contributed by atoms with Crippen LogP contribution in [-0.2, 0) is 16.2 Å². The van der Waals surface area contributed by atoms with Gasteiger partial charge in [0, 0.05) is 18.7 Å². The molecule has 3 aromatic rings. The standard InChI is InChI=1S/C32H36N2O6/c1-6-39-26-16-13-23(19-27(26)38-5)29-28(31(36)32(37)34(29)18-17-33(3)4)30(35)22-11-14-25(15-12-22)40-20-24-10-8-7-9-21(24)2/h7-16,19,29,35H,6,17-18,20H2,1-5H3. The molecule has 0 aliphatic carbocycles. The van der Waals surface area contributed by atoms with E-state index in [9.17, 15) is 14.7 Å². The van der Waals surface area contributed by atoms with Gasteiger partial charge < -0.3 is 29.1 Å². The number of aliphatic hydroxyl groups is 1. The molecular formula is C32H36N2O6. The average molecular weight is 545 g/mol. The monoisotopic (exact) mass is 544 g/mol. The molecule has 0 saturated carbocycles. The van der Waals surface area contributed by atoms with Gasteiger partial charge >= 0.3 is 0 Å². The van der Waals surface area contributed by atoms with Crippen LogP contribution in [0.1, 0.15) is 35.2 Å². The predicted molar refractivity (Wildman–Crippen MR) is 154 cm³/mol. The zero-order valence-electron chi connectivity index (χ0n) is 23.6. The van der Waals surface area contributed by atoms with Crippen LogP contribution in [0.2, 0.25) is 0 Å². The SMILES string of the molecule is CCOc1ccc(C2C(=C(O)c3ccc(OCc4ccccc4C)cc3)C(=O)C(=O)N2CCN(C)C)cc1OC. The Balaban J connectivity index is 1.69. The molecule has 0 bridgehead atoms. The number of benzene rings is 3. The normalized spacial score (nSPS) is 16.4. The van der Waals surface area contributed by atoms with Crippen molar-refractivity contribution >= 4 is 17.4 Å². The fraction of sp³-hybridized carbons (Fsp3) is 0.312. The number of aryl methyl sites for hydroxylation is 1. The number of nitrogens with zero attached hydrogens (tertiary/aromatic N) is 2. The molecule has 8 nitrogen and oxygen atoms in total. The second-order valence-corrected chi connectivity index (χ2v) is 9.88. The Morgan fingerprint density at radius 3 is 2.35 bits per heavy atom. The predicted octanol–water partition coefficient (Wildman–Crippen LogP) is 4.96. The summed E-state index contributed by atoms with van der Waals surface area (Å²) in [7, 11) is 5.33. The molecule has 0 radical (unpaired) electrons. The van der Waals surface area contributed by atoms with Crippen molar-refractivity contribution in [2.75, 3.05) is 40.9 Å². The van der Waals surface area contributed by atoms with Gasteiger partial charge in [0.05, 0.1) is 25.3 Å². The van der Waals surface area contributed by atoms with Crippen LogP contribution >= 0.6 is 0 Å². The van der Waals surface area contributed by atoms with Gasteiger partial charge in [0.15, 0.2) is 11.5 Å². The zero-order valence-corrected chi connectivity index (χ0v) is 23.6. The minimum absolute atomic E-state index is 0.0311. The van der Waals surface area contributed by atoms with Crippen LogP contribution in [0, 0.1) is 6.92 Å². The van der Waals surface area contributed by atoms with E-state index in [2.05, 4.69) is 0 Å². The van der Waals surface area contributed by atoms with E-state index in [1.54, 1.807) is 42.5 Å². The van der Waals surface area contributed by atoms with Gasteiger partial charge in [-0.15, -0.1) is 0 Å². The molecule has 3 aromatic carbocycles. The highest BCUT2D eigenvalue weighted by Gasteiger charge is 2.46. The van der Waals surface area contributed by atoms with E-state index in [0.29, 0.717) is 54.7 Å². The number of rotatable bonds is 11. The average Bonchev–Trinajstić information content (AvgIpc) is 3.21. The maximum absolute atomic E-state index is 13.3. The van der Waals surface area contributed by atoms with E-state index in [1.165, 1.54) is 12.0 Å². The number of hydrogen-bond donors (Lipinski definition) is 1. The third kappa shape index (κ3) is 6.13. The van der Waals surface area contributed by atoms with Crippen molar-refractivity contribution in [3.63, 3.8) is 0 Å². The minimum atomic E-state index is -0.790. The number of carbonyl (C=O) groups excluding carboxylic acids is 2. The lowest BCUT2D eigenvalue weighted by Crippen LogP contribution is -2.35. The molecule has 0 aromatic heterocycles. The molecule has 1 N–H and O–H groups in total. The van der Waals surface area contributed by atoms with Crippen molar-refractivity contribution in [1.29, 1.82) is 0 Å². The van der Waals surface area contributed by atoms with Crippen LogP contribution in [0.3, 0.4) is 0 Å². The largest absolute Gasteiger partial charge is 0.507 e. The highest BCUT2D eigenvalue weighted by atomic mass is 16.5. The summed E-state index contributed by atoms with van der Waals surface area (Å²) in [5.74, 6) is 0.0365. The van der Waals surface area contributed by atoms with Crippen molar-refractivity contribution < 1.29 is 28.9 Å². The molecular weight excluding hydrogens is 508 g/mol. The summed E-state index contributed by atoms with van der Waals surface area (Å²) in [5, 5.41) is 11.4. The summed E-state index contributed by atoms with van der Waals surface area (Å²) in [6.45, 7) is 5.63. The quantitative estimate of drug-likeness (QED) is 0.207. The van der Waals surface area contributed by atoms with Gasteiger partial charge in [0.2, 0.25) is 0 Å². The van der Waals surface area contributed by atoms with Crippen LogP contribution in [0.15, 0.2) is 72.3 Å². The first-order valence-corrected chi connectivity index (χ1v) is 13.3. The second-order valence-electron chi connectivity index (χ2n) is 9.88. The molecule has 1 atom stereocenters. The Morgan fingerprint density at radius 1 is 0.975 bits per heavy atom. The van der Waals surface area contributed by atoms with Gasteiger partial charge in [0.25, 0.3) is 11.7 Å². The number of ketones is 1. The molecule has 1 amide bonds. The van der Waals surface area contributed by atoms with Gasteiger partial charge in [-0.1, -0.05) is 30.3 Å². The number of aliphatic hydroxyl groups excluding tert-OH is 1. The van der Waals surface area contributed by atoms with Crippen LogP contribution in [0.5, 0.6) is 17.2 Å². The lowest BCUT2D eigenvalue weighted by molar-refractivity contribution is -0.140. The van der Waals surface area contributed by atoms with Crippen LogP contribution in [0.25, 0.3) is 5.76 Å². The van der Waals surface area contributed by atoms with E-state index in [1.807, 2.05) is 57.1 Å². The van der Waals surface area contributed by atoms with E-state index in [4.69, 9.17) is 14.2 Å². The number of methoxy groups -OCH3 is 1. The molecule has 1 heterocycles. The summed E-state index contributed by atoms with van der Waals surface area (Å²) in [5.41, 5.74) is 3.30. The fourth-order valence-corrected chi connectivity index (χ4v) is 4.69. The first kappa shape index (κ1) is 28.7. The number of carbonyl (C=O) groups is 2. The first-order valence-electron chi connectivity index (χ1n) is 13.3. The Morgan fingerprint density at radius 2 is 1.70 bits per heavy atom. The van der Waals surface area contributed by atoms with E-state index in [-0.39, 0.29) is 11.3 Å². The smallest absolute Gasteiger partial charge is 0.295 e. The topological polar surface area (TPSA) is 88.5 Å². The summed E-state index contributed by atoms with van der Waals surface area (Å²) < 4.78 is 17.1. The molecule has 1 fully saturated rings. The summed E-state index contributed by atoms with van der Waals surface area (Å²) in [4.78, 5) is 30.0. The van der Waals surface area contributed by atoms with E-state index >= 15 is 0 Å². The number of ether oxygens (including phenoxy) is 3. The van der Waals surface area contributed by atoms with Gasteiger partial charge in [-0.05, 0) is 81.0 Å². The molecule has 0 spiro atoms. The van der Waals surface area contributed by atoms with E-state index in [0.717, 1.165) is 11.1 Å². The third-order valence-corrected chi connectivity index (χ3v) is 6.91. The summed E-state index contributed by atoms with van der Waals surface area (Å²) in [6.07, 6.45) is 0. The fourth-order valence-electron chi connectivity index (χ4n) is 4.69. The summed E-state index contributed by atoms with van der Waals surface area (Å²) >= 11 is 0. The molecule has 8 heteroatoms. The maximum atomic E-state index is 13.3.